The highest BCUT2D eigenvalue weighted by Crippen LogP contribution is 2.33. The van der Waals surface area contributed by atoms with E-state index in [0.717, 1.165) is 12.1 Å². The average Bonchev–Trinajstić information content (AvgIpc) is 2.81. The molecule has 2 aromatic carbocycles. The minimum Gasteiger partial charge on any atom is -0.474 e. The van der Waals surface area contributed by atoms with Crippen LogP contribution in [0.5, 0.6) is 5.75 Å². The Kier molecular flexibility index (Phi) is 7.89. The van der Waals surface area contributed by atoms with Gasteiger partial charge in [0.25, 0.3) is 5.91 Å². The summed E-state index contributed by atoms with van der Waals surface area (Å²) in [6.45, 7) is -0.157. The van der Waals surface area contributed by atoms with Crippen molar-refractivity contribution in [3.8, 4) is 5.75 Å². The molecule has 1 heterocycles. The van der Waals surface area contributed by atoms with Crippen LogP contribution in [0, 0.1) is 0 Å². The maximum Gasteiger partial charge on any atom is 0.416 e. The van der Waals surface area contributed by atoms with Crippen molar-refractivity contribution in [2.24, 2.45) is 0 Å². The second-order valence-electron chi connectivity index (χ2n) is 6.73. The van der Waals surface area contributed by atoms with E-state index < -0.39 is 23.8 Å². The number of alkyl halides is 3. The minimum absolute atomic E-state index is 0.0177. The second kappa shape index (κ2) is 10.8. The summed E-state index contributed by atoms with van der Waals surface area (Å²) in [6.07, 6.45) is -2.97. The van der Waals surface area contributed by atoms with Gasteiger partial charge in [-0.1, -0.05) is 29.8 Å². The van der Waals surface area contributed by atoms with E-state index in [2.05, 4.69) is 10.3 Å². The lowest BCUT2D eigenvalue weighted by Gasteiger charge is -2.19. The lowest BCUT2D eigenvalue weighted by atomic mass is 10.1. The van der Waals surface area contributed by atoms with E-state index >= 15 is 0 Å². The molecule has 6 nitrogen and oxygen atoms in total. The molecule has 0 bridgehead atoms. The fourth-order valence-corrected chi connectivity index (χ4v) is 2.89. The summed E-state index contributed by atoms with van der Waals surface area (Å²) in [5.41, 5.74) is -0.187. The summed E-state index contributed by atoms with van der Waals surface area (Å²) < 4.78 is 49.8. The first-order valence-corrected chi connectivity index (χ1v) is 10.1. The molecule has 3 aromatic rings. The highest BCUT2D eigenvalue weighted by atomic mass is 35.5. The fraction of sp³-hybridized carbons (Fsp3) is 0.174. The number of carbonyl (C=O) groups excluding carboxylic acids is 2. The van der Waals surface area contributed by atoms with Gasteiger partial charge in [-0.3, -0.25) is 9.78 Å². The van der Waals surface area contributed by atoms with Crippen LogP contribution in [0.3, 0.4) is 0 Å². The van der Waals surface area contributed by atoms with Crippen molar-refractivity contribution in [3.63, 3.8) is 0 Å². The van der Waals surface area contributed by atoms with E-state index in [4.69, 9.17) is 21.1 Å². The molecule has 0 spiro atoms. The molecule has 3 rings (SSSR count). The van der Waals surface area contributed by atoms with Crippen molar-refractivity contribution < 1.29 is 32.2 Å². The van der Waals surface area contributed by atoms with E-state index in [9.17, 15) is 22.8 Å². The molecule has 33 heavy (non-hydrogen) atoms. The first-order valence-electron chi connectivity index (χ1n) is 9.68. The first-order chi connectivity index (χ1) is 15.7. The van der Waals surface area contributed by atoms with Crippen molar-refractivity contribution >= 4 is 23.5 Å². The number of esters is 1. The topological polar surface area (TPSA) is 77.5 Å². The van der Waals surface area contributed by atoms with Gasteiger partial charge >= 0.3 is 12.1 Å². The van der Waals surface area contributed by atoms with E-state index in [0.29, 0.717) is 16.1 Å². The third-order valence-electron chi connectivity index (χ3n) is 4.38. The number of benzene rings is 2. The molecule has 0 saturated heterocycles. The molecule has 0 aliphatic carbocycles. The van der Waals surface area contributed by atoms with Crippen LogP contribution in [0.1, 0.15) is 27.6 Å². The van der Waals surface area contributed by atoms with Gasteiger partial charge in [0.2, 0.25) is 6.10 Å². The maximum atomic E-state index is 13.0. The molecule has 1 aromatic heterocycles. The minimum atomic E-state index is -4.57. The van der Waals surface area contributed by atoms with Crippen molar-refractivity contribution in [2.45, 2.75) is 12.3 Å². The van der Waals surface area contributed by atoms with Crippen molar-refractivity contribution in [1.29, 1.82) is 0 Å². The Morgan fingerprint density at radius 2 is 1.73 bits per heavy atom. The molecule has 10 heteroatoms. The number of nitrogens with one attached hydrogen (secondary N) is 1. The number of rotatable bonds is 8. The van der Waals surface area contributed by atoms with Crippen molar-refractivity contribution in [3.05, 3.63) is 94.8 Å². The van der Waals surface area contributed by atoms with Gasteiger partial charge in [0, 0.05) is 28.5 Å². The second-order valence-corrected chi connectivity index (χ2v) is 7.17. The third kappa shape index (κ3) is 6.95. The summed E-state index contributed by atoms with van der Waals surface area (Å²) in [6, 6.07) is 13.3. The van der Waals surface area contributed by atoms with Gasteiger partial charge in [-0.2, -0.15) is 13.2 Å². The largest absolute Gasteiger partial charge is 0.474 e. The van der Waals surface area contributed by atoms with Gasteiger partial charge in [-0.25, -0.2) is 4.79 Å². The molecular formula is C23H18ClF3N2O4. The van der Waals surface area contributed by atoms with Crippen LogP contribution in [0.2, 0.25) is 5.02 Å². The Labute approximate surface area is 192 Å². The highest BCUT2D eigenvalue weighted by Gasteiger charge is 2.31. The average molecular weight is 479 g/mol. The molecule has 0 fully saturated rings. The lowest BCUT2D eigenvalue weighted by Crippen LogP contribution is -2.30. The van der Waals surface area contributed by atoms with Gasteiger partial charge in [0.05, 0.1) is 12.1 Å². The van der Waals surface area contributed by atoms with Crippen molar-refractivity contribution in [1.82, 2.24) is 10.3 Å². The Balaban J connectivity index is 1.67. The van der Waals surface area contributed by atoms with Gasteiger partial charge in [0.1, 0.15) is 12.4 Å². The summed E-state index contributed by atoms with van der Waals surface area (Å²) in [4.78, 5) is 28.5. The van der Waals surface area contributed by atoms with Crippen LogP contribution in [0.15, 0.2) is 73.1 Å². The molecule has 1 amide bonds. The van der Waals surface area contributed by atoms with Gasteiger partial charge < -0.3 is 14.8 Å². The number of amides is 1. The number of hydrogen-bond acceptors (Lipinski definition) is 5. The Hall–Kier alpha value is -3.59. The van der Waals surface area contributed by atoms with E-state index in [1.165, 1.54) is 60.9 Å². The lowest BCUT2D eigenvalue weighted by molar-refractivity contribution is -0.152. The van der Waals surface area contributed by atoms with Crippen LogP contribution in [-0.4, -0.2) is 30.0 Å². The Morgan fingerprint density at radius 1 is 1.03 bits per heavy atom. The third-order valence-corrected chi connectivity index (χ3v) is 4.63. The zero-order chi connectivity index (χ0) is 23.8. The fourth-order valence-electron chi connectivity index (χ4n) is 2.77. The normalized spacial score (nSPS) is 12.0. The SMILES string of the molecule is O=C(NCCOC(=O)C(Oc1cccc(C(F)(F)F)c1)c1ccc(Cl)cc1)c1ccncc1. The number of pyridine rings is 1. The molecule has 0 aliphatic heterocycles. The van der Waals surface area contributed by atoms with Crippen molar-refractivity contribution in [2.75, 3.05) is 13.2 Å². The van der Waals surface area contributed by atoms with E-state index in [1.807, 2.05) is 0 Å². The molecule has 1 N–H and O–H groups in total. The van der Waals surface area contributed by atoms with Crippen LogP contribution >= 0.6 is 11.6 Å². The Morgan fingerprint density at radius 3 is 2.39 bits per heavy atom. The van der Waals surface area contributed by atoms with Crippen LogP contribution in [-0.2, 0) is 15.7 Å². The van der Waals surface area contributed by atoms with Gasteiger partial charge in [-0.15, -0.1) is 0 Å². The molecule has 1 unspecified atom stereocenters. The van der Waals surface area contributed by atoms with Crippen LogP contribution in [0.25, 0.3) is 0 Å². The predicted octanol–water partition coefficient (Wildman–Crippen LogP) is 4.85. The molecule has 1 atom stereocenters. The monoisotopic (exact) mass is 478 g/mol. The standard InChI is InChI=1S/C23H18ClF3N2O4/c24-18-6-4-15(5-7-18)20(33-19-3-1-2-17(14-19)23(25,26)27)22(31)32-13-12-29-21(30)16-8-10-28-11-9-16/h1-11,14,20H,12-13H2,(H,29,30). The van der Waals surface area contributed by atoms with Gasteiger partial charge in [0.15, 0.2) is 0 Å². The summed E-state index contributed by atoms with van der Waals surface area (Å²) in [7, 11) is 0. The zero-order valence-electron chi connectivity index (χ0n) is 17.0. The molecular weight excluding hydrogens is 461 g/mol. The number of halogens is 4. The highest BCUT2D eigenvalue weighted by molar-refractivity contribution is 6.30. The molecule has 0 aliphatic rings. The number of aromatic nitrogens is 1. The summed E-state index contributed by atoms with van der Waals surface area (Å²) in [5, 5.41) is 2.99. The first kappa shape index (κ1) is 24.1. The predicted molar refractivity (Wildman–Crippen MR) is 114 cm³/mol. The summed E-state index contributed by atoms with van der Waals surface area (Å²) >= 11 is 5.88. The van der Waals surface area contributed by atoms with Crippen LogP contribution < -0.4 is 10.1 Å². The maximum absolute atomic E-state index is 13.0. The molecule has 172 valence electrons. The van der Waals surface area contributed by atoms with Crippen LogP contribution in [0.4, 0.5) is 13.2 Å². The Bertz CT molecular complexity index is 1090. The molecule has 0 radical (unpaired) electrons. The number of nitrogens with zero attached hydrogens (tertiary/aromatic N) is 1. The molecule has 0 saturated carbocycles. The quantitative estimate of drug-likeness (QED) is 0.370. The number of ether oxygens (including phenoxy) is 2. The van der Waals surface area contributed by atoms with E-state index in [-0.39, 0.29) is 24.8 Å². The zero-order valence-corrected chi connectivity index (χ0v) is 17.8. The summed E-state index contributed by atoms with van der Waals surface area (Å²) in [5.74, 6) is -1.37. The smallest absolute Gasteiger partial charge is 0.416 e. The number of hydrogen-bond donors (Lipinski definition) is 1. The number of carbonyl (C=O) groups is 2. The van der Waals surface area contributed by atoms with Gasteiger partial charge in [-0.05, 0) is 42.5 Å². The van der Waals surface area contributed by atoms with E-state index in [1.54, 1.807) is 0 Å².